The first-order valence-corrected chi connectivity index (χ1v) is 12.0. The summed E-state index contributed by atoms with van der Waals surface area (Å²) >= 11 is 3.08. The van der Waals surface area contributed by atoms with Gasteiger partial charge in [0, 0.05) is 28.9 Å². The zero-order valence-electron chi connectivity index (χ0n) is 17.0. The van der Waals surface area contributed by atoms with Gasteiger partial charge in [-0.15, -0.1) is 11.3 Å². The van der Waals surface area contributed by atoms with Crippen LogP contribution in [0.15, 0.2) is 35.8 Å². The Labute approximate surface area is 183 Å². The van der Waals surface area contributed by atoms with Gasteiger partial charge in [0.05, 0.1) is 12.6 Å². The van der Waals surface area contributed by atoms with Crippen molar-refractivity contribution in [3.8, 4) is 0 Å². The van der Waals surface area contributed by atoms with Gasteiger partial charge in [-0.1, -0.05) is 18.2 Å². The van der Waals surface area contributed by atoms with Crippen molar-refractivity contribution in [1.82, 2.24) is 15.3 Å². The molecule has 1 aromatic carbocycles. The van der Waals surface area contributed by atoms with E-state index in [1.165, 1.54) is 11.3 Å². The monoisotopic (exact) mass is 446 g/mol. The van der Waals surface area contributed by atoms with E-state index in [2.05, 4.69) is 15.3 Å². The number of aromatic nitrogens is 2. The molecular formula is C21H26N4O3S2. The minimum absolute atomic E-state index is 0.198. The molecule has 0 spiro atoms. The Morgan fingerprint density at radius 2 is 2.17 bits per heavy atom. The van der Waals surface area contributed by atoms with Crippen molar-refractivity contribution < 1.29 is 14.3 Å². The number of nitrogens with two attached hydrogens (primary N) is 1. The summed E-state index contributed by atoms with van der Waals surface area (Å²) in [4.78, 5) is 32.9. The maximum atomic E-state index is 12.8. The van der Waals surface area contributed by atoms with Gasteiger partial charge in [0.15, 0.2) is 0 Å². The highest BCUT2D eigenvalue weighted by Gasteiger charge is 2.25. The van der Waals surface area contributed by atoms with E-state index in [0.29, 0.717) is 6.42 Å². The number of esters is 1. The molecule has 160 valence electrons. The number of carbonyl (C=O) groups is 2. The highest BCUT2D eigenvalue weighted by atomic mass is 32.2. The summed E-state index contributed by atoms with van der Waals surface area (Å²) in [6.07, 6.45) is 4.99. The molecule has 0 bridgehead atoms. The maximum absolute atomic E-state index is 12.8. The van der Waals surface area contributed by atoms with Crippen molar-refractivity contribution in [2.45, 2.75) is 31.8 Å². The third-order valence-electron chi connectivity index (χ3n) is 4.68. The lowest BCUT2D eigenvalue weighted by Crippen LogP contribution is -2.43. The first-order chi connectivity index (χ1) is 14.5. The van der Waals surface area contributed by atoms with E-state index in [1.54, 1.807) is 24.1 Å². The molecule has 0 saturated heterocycles. The van der Waals surface area contributed by atoms with Crippen molar-refractivity contribution in [1.29, 1.82) is 0 Å². The molecular weight excluding hydrogens is 420 g/mol. The summed E-state index contributed by atoms with van der Waals surface area (Å²) in [6, 6.07) is 6.82. The second-order valence-electron chi connectivity index (χ2n) is 6.80. The molecule has 2 atom stereocenters. The van der Waals surface area contributed by atoms with Gasteiger partial charge in [-0.25, -0.2) is 9.78 Å². The summed E-state index contributed by atoms with van der Waals surface area (Å²) in [5.74, 6) is 0.0494. The minimum Gasteiger partial charge on any atom is -0.464 e. The van der Waals surface area contributed by atoms with Gasteiger partial charge in [-0.2, -0.15) is 11.8 Å². The number of amides is 1. The molecule has 9 heteroatoms. The Morgan fingerprint density at radius 1 is 1.37 bits per heavy atom. The number of hydrogen-bond acceptors (Lipinski definition) is 7. The van der Waals surface area contributed by atoms with Crippen LogP contribution in [0.3, 0.4) is 0 Å². The molecule has 0 aliphatic carbocycles. The molecule has 30 heavy (non-hydrogen) atoms. The number of H-pyrrole nitrogens is 1. The van der Waals surface area contributed by atoms with E-state index in [9.17, 15) is 9.59 Å². The van der Waals surface area contributed by atoms with E-state index >= 15 is 0 Å². The lowest BCUT2D eigenvalue weighted by Gasteiger charge is -2.16. The van der Waals surface area contributed by atoms with Crippen LogP contribution in [0.4, 0.5) is 0 Å². The number of benzene rings is 1. The number of thiazole rings is 1. The summed E-state index contributed by atoms with van der Waals surface area (Å²) in [5.41, 5.74) is 8.33. The van der Waals surface area contributed by atoms with Gasteiger partial charge in [-0.05, 0) is 37.0 Å². The number of hydrogen-bond donors (Lipinski definition) is 3. The second kappa shape index (κ2) is 10.6. The Balaban J connectivity index is 1.74. The molecule has 1 amide bonds. The van der Waals surface area contributed by atoms with Crippen LogP contribution in [-0.2, 0) is 16.0 Å². The van der Waals surface area contributed by atoms with Gasteiger partial charge < -0.3 is 20.8 Å². The third-order valence-corrected chi connectivity index (χ3v) is 6.30. The van der Waals surface area contributed by atoms with Gasteiger partial charge in [-0.3, -0.25) is 4.79 Å². The standard InChI is InChI=1S/C21H26N4O3S2/c1-3-28-21(27)17(10-13-11-23-16-7-5-4-6-14(13)16)24-19(26)18-12-30-20(25-18)15(22)8-9-29-2/h4-7,11-12,15,17,23H,3,8-10,22H2,1-2H3,(H,24,26). The first kappa shape index (κ1) is 22.3. The predicted octanol–water partition coefficient (Wildman–Crippen LogP) is 3.28. The Hall–Kier alpha value is -2.36. The van der Waals surface area contributed by atoms with Crippen LogP contribution in [0.5, 0.6) is 0 Å². The summed E-state index contributed by atoms with van der Waals surface area (Å²) < 4.78 is 5.19. The highest BCUT2D eigenvalue weighted by molar-refractivity contribution is 7.98. The molecule has 0 radical (unpaired) electrons. The largest absolute Gasteiger partial charge is 0.464 e. The van der Waals surface area contributed by atoms with Crippen LogP contribution in [-0.4, -0.2) is 46.5 Å². The van der Waals surface area contributed by atoms with E-state index in [0.717, 1.165) is 33.6 Å². The summed E-state index contributed by atoms with van der Waals surface area (Å²) in [5, 5.41) is 6.20. The van der Waals surface area contributed by atoms with Crippen LogP contribution in [0.1, 0.15) is 40.4 Å². The topological polar surface area (TPSA) is 110 Å². The quantitative estimate of drug-likeness (QED) is 0.412. The van der Waals surface area contributed by atoms with Crippen molar-refractivity contribution >= 4 is 45.9 Å². The third kappa shape index (κ3) is 5.41. The molecule has 0 aliphatic rings. The highest BCUT2D eigenvalue weighted by Crippen LogP contribution is 2.22. The van der Waals surface area contributed by atoms with Gasteiger partial charge in [0.2, 0.25) is 0 Å². The van der Waals surface area contributed by atoms with E-state index in [4.69, 9.17) is 10.5 Å². The average Bonchev–Trinajstić information content (AvgIpc) is 3.39. The maximum Gasteiger partial charge on any atom is 0.328 e. The van der Waals surface area contributed by atoms with Crippen molar-refractivity contribution in [3.63, 3.8) is 0 Å². The van der Waals surface area contributed by atoms with Crippen LogP contribution in [0.2, 0.25) is 0 Å². The number of para-hydroxylation sites is 1. The number of aromatic amines is 1. The fourth-order valence-electron chi connectivity index (χ4n) is 3.12. The Morgan fingerprint density at radius 3 is 2.93 bits per heavy atom. The number of fused-ring (bicyclic) bond motifs is 1. The van der Waals surface area contributed by atoms with Crippen molar-refractivity contribution in [2.75, 3.05) is 18.6 Å². The SMILES string of the molecule is CCOC(=O)C(Cc1c[nH]c2ccccc12)NC(=O)c1csc(C(N)CCSC)n1. The summed E-state index contributed by atoms with van der Waals surface area (Å²) in [7, 11) is 0. The van der Waals surface area contributed by atoms with E-state index < -0.39 is 17.9 Å². The fourth-order valence-corrected chi connectivity index (χ4v) is 4.44. The molecule has 3 rings (SSSR count). The fraction of sp³-hybridized carbons (Fsp3) is 0.381. The van der Waals surface area contributed by atoms with Crippen LogP contribution >= 0.6 is 23.1 Å². The molecule has 3 aromatic rings. The van der Waals surface area contributed by atoms with Crippen molar-refractivity contribution in [3.05, 3.63) is 52.1 Å². The van der Waals surface area contributed by atoms with Crippen LogP contribution in [0.25, 0.3) is 10.9 Å². The zero-order chi connectivity index (χ0) is 21.5. The Bertz CT molecular complexity index is 1000. The molecule has 0 fully saturated rings. The average molecular weight is 447 g/mol. The Kier molecular flexibility index (Phi) is 7.89. The molecule has 2 aromatic heterocycles. The lowest BCUT2D eigenvalue weighted by atomic mass is 10.0. The lowest BCUT2D eigenvalue weighted by molar-refractivity contribution is -0.145. The number of thioether (sulfide) groups is 1. The van der Waals surface area contributed by atoms with Gasteiger partial charge in [0.25, 0.3) is 5.91 Å². The second-order valence-corrected chi connectivity index (χ2v) is 8.68. The normalized spacial score (nSPS) is 13.2. The first-order valence-electron chi connectivity index (χ1n) is 9.75. The summed E-state index contributed by atoms with van der Waals surface area (Å²) in [6.45, 7) is 1.98. The van der Waals surface area contributed by atoms with E-state index in [-0.39, 0.29) is 18.3 Å². The van der Waals surface area contributed by atoms with Crippen LogP contribution < -0.4 is 11.1 Å². The number of nitrogens with zero attached hydrogens (tertiary/aromatic N) is 1. The van der Waals surface area contributed by atoms with E-state index in [1.807, 2.05) is 36.7 Å². The molecule has 7 nitrogen and oxygen atoms in total. The minimum atomic E-state index is -0.813. The molecule has 4 N–H and O–H groups in total. The number of carbonyl (C=O) groups excluding carboxylic acids is 2. The van der Waals surface area contributed by atoms with Crippen LogP contribution in [0, 0.1) is 0 Å². The smallest absolute Gasteiger partial charge is 0.328 e. The van der Waals surface area contributed by atoms with Crippen molar-refractivity contribution in [2.24, 2.45) is 5.73 Å². The van der Waals surface area contributed by atoms with Gasteiger partial charge in [0.1, 0.15) is 16.7 Å². The molecule has 0 saturated carbocycles. The number of rotatable bonds is 10. The number of nitrogens with one attached hydrogen (secondary N) is 2. The number of ether oxygens (including phenoxy) is 1. The predicted molar refractivity (Wildman–Crippen MR) is 122 cm³/mol. The molecule has 2 unspecified atom stereocenters. The zero-order valence-corrected chi connectivity index (χ0v) is 18.6. The molecule has 0 aliphatic heterocycles. The van der Waals surface area contributed by atoms with Gasteiger partial charge >= 0.3 is 5.97 Å². The molecule has 2 heterocycles.